The molecule has 1 aliphatic heterocycles. The molecular formula is C25H21F6N3O4S3. The summed E-state index contributed by atoms with van der Waals surface area (Å²) in [5, 5.41) is 0.947. The van der Waals surface area contributed by atoms with Crippen molar-refractivity contribution in [3.8, 4) is 0 Å². The summed E-state index contributed by atoms with van der Waals surface area (Å²) in [6, 6.07) is 8.14. The molecule has 220 valence electrons. The van der Waals surface area contributed by atoms with E-state index in [1.54, 1.807) is 12.1 Å². The Labute approximate surface area is 235 Å². The molecule has 0 bridgehead atoms. The molecule has 0 fully saturated rings. The van der Waals surface area contributed by atoms with E-state index in [1.165, 1.54) is 17.8 Å². The summed E-state index contributed by atoms with van der Waals surface area (Å²) in [6.07, 6.45) is -10.4. The van der Waals surface area contributed by atoms with Crippen molar-refractivity contribution >= 4 is 53.4 Å². The maximum Gasteiger partial charge on any atom is 0.416 e. The Morgan fingerprint density at radius 2 is 1.68 bits per heavy atom. The number of alkyl halides is 6. The normalized spacial score (nSPS) is 18.8. The summed E-state index contributed by atoms with van der Waals surface area (Å²) in [6.45, 7) is 0.529. The van der Waals surface area contributed by atoms with E-state index in [0.717, 1.165) is 24.3 Å². The summed E-state index contributed by atoms with van der Waals surface area (Å²) in [4.78, 5) is 5.50. The van der Waals surface area contributed by atoms with E-state index in [0.29, 0.717) is 34.5 Å². The van der Waals surface area contributed by atoms with Crippen molar-refractivity contribution in [2.75, 3.05) is 16.0 Å². The van der Waals surface area contributed by atoms with Gasteiger partial charge in [0.25, 0.3) is 20.0 Å². The summed E-state index contributed by atoms with van der Waals surface area (Å²) in [5.41, 5.74) is -1.37. The standard InChI is InChI=1S/C25H21F6N3O4S3/c26-24(27,28)16-5-2-7-18(13-16)40(35,36)34(41(37,38)19-8-3-6-17(14-19)25(29,30)31)21-9-1-4-15-12-20(33-22(15)21)23-32-10-11-39-23/h1-2,4-5,7-9,12-13,17,33H,3,6,10-11,14H2. The van der Waals surface area contributed by atoms with E-state index in [9.17, 15) is 43.2 Å². The molecule has 3 aromatic rings. The fraction of sp³-hybridized carbons (Fsp3) is 0.320. The molecule has 7 nitrogen and oxygen atoms in total. The SMILES string of the molecule is O=S(=O)(C1=CCCC(C(F)(F)F)C1)N(c1cccc2cc(C3=NCCS3)[nH]c12)S(=O)(=O)c1cccc(C(F)(F)F)c1. The summed E-state index contributed by atoms with van der Waals surface area (Å²) < 4.78 is 137. The highest BCUT2D eigenvalue weighted by Gasteiger charge is 2.46. The van der Waals surface area contributed by atoms with Crippen molar-refractivity contribution in [2.45, 2.75) is 36.5 Å². The van der Waals surface area contributed by atoms with E-state index >= 15 is 0 Å². The minimum atomic E-state index is -5.33. The summed E-state index contributed by atoms with van der Waals surface area (Å²) in [7, 11) is -10.6. The number of aliphatic imine (C=N–C) groups is 1. The Morgan fingerprint density at radius 1 is 0.951 bits per heavy atom. The van der Waals surface area contributed by atoms with E-state index in [4.69, 9.17) is 0 Å². The van der Waals surface area contributed by atoms with Crippen LogP contribution in [0.3, 0.4) is 0 Å². The van der Waals surface area contributed by atoms with E-state index < -0.39 is 72.2 Å². The highest BCUT2D eigenvalue weighted by molar-refractivity contribution is 8.14. The second kappa shape index (κ2) is 10.4. The van der Waals surface area contributed by atoms with Gasteiger partial charge in [0, 0.05) is 17.7 Å². The van der Waals surface area contributed by atoms with E-state index in [-0.39, 0.29) is 21.7 Å². The van der Waals surface area contributed by atoms with Gasteiger partial charge in [-0.25, -0.2) is 16.8 Å². The molecule has 0 saturated heterocycles. The zero-order chi connectivity index (χ0) is 29.8. The fourth-order valence-corrected chi connectivity index (χ4v) is 9.59. The number of anilines is 1. The molecule has 1 unspecified atom stereocenters. The lowest BCUT2D eigenvalue weighted by atomic mass is 9.94. The zero-order valence-corrected chi connectivity index (χ0v) is 23.3. The van der Waals surface area contributed by atoms with Gasteiger partial charge in [0.15, 0.2) is 0 Å². The monoisotopic (exact) mass is 637 g/mol. The Balaban J connectivity index is 1.73. The molecule has 0 amide bonds. The largest absolute Gasteiger partial charge is 0.416 e. The number of para-hydroxylation sites is 1. The molecule has 1 atom stereocenters. The molecule has 0 spiro atoms. The average Bonchev–Trinajstić information content (AvgIpc) is 3.58. The van der Waals surface area contributed by atoms with E-state index in [2.05, 4.69) is 9.98 Å². The predicted octanol–water partition coefficient (Wildman–Crippen LogP) is 6.45. The van der Waals surface area contributed by atoms with Gasteiger partial charge >= 0.3 is 12.4 Å². The molecule has 2 aromatic carbocycles. The molecular weight excluding hydrogens is 616 g/mol. The number of allylic oxidation sites excluding steroid dienone is 2. The third-order valence-corrected chi connectivity index (χ3v) is 12.0. The van der Waals surface area contributed by atoms with Gasteiger partial charge in [-0.05, 0) is 49.6 Å². The van der Waals surface area contributed by atoms with Gasteiger partial charge in [-0.1, -0.05) is 24.3 Å². The zero-order valence-electron chi connectivity index (χ0n) is 20.8. The van der Waals surface area contributed by atoms with Crippen molar-refractivity contribution in [2.24, 2.45) is 10.9 Å². The first-order chi connectivity index (χ1) is 19.1. The molecule has 5 rings (SSSR count). The number of fused-ring (bicyclic) bond motifs is 1. The van der Waals surface area contributed by atoms with Gasteiger partial charge in [-0.3, -0.25) is 4.99 Å². The van der Waals surface area contributed by atoms with Crippen LogP contribution in [-0.4, -0.2) is 45.3 Å². The maximum atomic E-state index is 14.0. The van der Waals surface area contributed by atoms with Crippen molar-refractivity contribution in [3.05, 3.63) is 70.8 Å². The Morgan fingerprint density at radius 3 is 2.34 bits per heavy atom. The minimum absolute atomic E-state index is 0.000562. The quantitative estimate of drug-likeness (QED) is 0.313. The van der Waals surface area contributed by atoms with Crippen LogP contribution in [0.5, 0.6) is 0 Å². The van der Waals surface area contributed by atoms with Crippen LogP contribution in [0.1, 0.15) is 30.5 Å². The van der Waals surface area contributed by atoms with Gasteiger partial charge in [0.1, 0.15) is 5.04 Å². The van der Waals surface area contributed by atoms with Crippen LogP contribution in [0, 0.1) is 5.92 Å². The number of rotatable bonds is 6. The smallest absolute Gasteiger partial charge is 0.351 e. The van der Waals surface area contributed by atoms with E-state index in [1.807, 2.05) is 0 Å². The van der Waals surface area contributed by atoms with Gasteiger partial charge in [-0.2, -0.15) is 30.1 Å². The molecule has 0 saturated carbocycles. The Hall–Kier alpha value is -2.98. The first kappa shape index (κ1) is 29.5. The van der Waals surface area contributed by atoms with Crippen LogP contribution in [0.4, 0.5) is 32.0 Å². The second-order valence-electron chi connectivity index (χ2n) is 9.38. The summed E-state index contributed by atoms with van der Waals surface area (Å²) in [5.74, 6) is -1.35. The fourth-order valence-electron chi connectivity index (χ4n) is 4.69. The number of thioether (sulfide) groups is 1. The number of hydrogen-bond acceptors (Lipinski definition) is 6. The lowest BCUT2D eigenvalue weighted by Gasteiger charge is -2.30. The predicted molar refractivity (Wildman–Crippen MR) is 144 cm³/mol. The number of aromatic nitrogens is 1. The number of halogens is 6. The number of nitrogens with one attached hydrogen (secondary N) is 1. The first-order valence-electron chi connectivity index (χ1n) is 12.1. The third-order valence-electron chi connectivity index (χ3n) is 6.67. The van der Waals surface area contributed by atoms with Crippen molar-refractivity contribution in [1.29, 1.82) is 0 Å². The number of H-pyrrole nitrogens is 1. The van der Waals surface area contributed by atoms with Crippen LogP contribution in [0.15, 0.2) is 69.4 Å². The van der Waals surface area contributed by atoms with Crippen LogP contribution in [-0.2, 0) is 26.2 Å². The molecule has 0 radical (unpaired) electrons. The molecule has 1 N–H and O–H groups in total. The number of nitrogens with zero attached hydrogens (tertiary/aromatic N) is 2. The van der Waals surface area contributed by atoms with Crippen LogP contribution in [0.2, 0.25) is 0 Å². The Kier molecular flexibility index (Phi) is 7.47. The van der Waals surface area contributed by atoms with Gasteiger partial charge in [-0.15, -0.1) is 11.8 Å². The lowest BCUT2D eigenvalue weighted by molar-refractivity contribution is -0.176. The number of sulfonamides is 2. The number of aromatic amines is 1. The van der Waals surface area contributed by atoms with Crippen LogP contribution >= 0.6 is 11.8 Å². The number of benzene rings is 2. The van der Waals surface area contributed by atoms with Crippen molar-refractivity contribution in [3.63, 3.8) is 0 Å². The minimum Gasteiger partial charge on any atom is -0.351 e. The molecule has 16 heteroatoms. The van der Waals surface area contributed by atoms with Gasteiger partial charge in [0.05, 0.1) is 38.2 Å². The lowest BCUT2D eigenvalue weighted by Crippen LogP contribution is -2.39. The van der Waals surface area contributed by atoms with Crippen molar-refractivity contribution < 1.29 is 43.2 Å². The molecule has 1 aliphatic carbocycles. The molecule has 2 aliphatic rings. The second-order valence-corrected chi connectivity index (χ2v) is 14.3. The highest BCUT2D eigenvalue weighted by atomic mass is 32.3. The topological polar surface area (TPSA) is 99.7 Å². The van der Waals surface area contributed by atoms with Gasteiger partial charge < -0.3 is 4.98 Å². The van der Waals surface area contributed by atoms with Gasteiger partial charge in [0.2, 0.25) is 0 Å². The Bertz CT molecular complexity index is 1780. The van der Waals surface area contributed by atoms with Crippen LogP contribution in [0.25, 0.3) is 10.9 Å². The first-order valence-corrected chi connectivity index (χ1v) is 16.0. The average molecular weight is 638 g/mol. The number of hydrogen-bond donors (Lipinski definition) is 1. The molecule has 1 aromatic heterocycles. The highest BCUT2D eigenvalue weighted by Crippen LogP contribution is 2.43. The van der Waals surface area contributed by atoms with Crippen LogP contribution < -0.4 is 3.71 Å². The summed E-state index contributed by atoms with van der Waals surface area (Å²) >= 11 is 1.41. The molecule has 41 heavy (non-hydrogen) atoms. The van der Waals surface area contributed by atoms with Crippen molar-refractivity contribution in [1.82, 2.24) is 4.98 Å². The maximum absolute atomic E-state index is 14.0. The third kappa shape index (κ3) is 5.60. The molecule has 2 heterocycles.